The van der Waals surface area contributed by atoms with Gasteiger partial charge in [-0.15, -0.1) is 11.3 Å². The van der Waals surface area contributed by atoms with E-state index < -0.39 is 10.8 Å². The summed E-state index contributed by atoms with van der Waals surface area (Å²) in [5.74, 6) is 0. The summed E-state index contributed by atoms with van der Waals surface area (Å²) in [6.07, 6.45) is 0. The van der Waals surface area contributed by atoms with Gasteiger partial charge < -0.3 is 5.32 Å². The second-order valence-electron chi connectivity index (χ2n) is 15.1. The maximum Gasteiger partial charge on any atom is 0.103 e. The molecule has 1 aromatic heterocycles. The monoisotopic (exact) mass is 721 g/mol. The van der Waals surface area contributed by atoms with Gasteiger partial charge in [0.25, 0.3) is 0 Å². The predicted octanol–water partition coefficient (Wildman–Crippen LogP) is 13.3. The van der Waals surface area contributed by atoms with Gasteiger partial charge in [0.1, 0.15) is 5.37 Å². The fraction of sp³-hybridized carbons (Fsp3) is 0.0588. The van der Waals surface area contributed by atoms with E-state index in [9.17, 15) is 0 Å². The van der Waals surface area contributed by atoms with Crippen molar-refractivity contribution in [1.29, 1.82) is 0 Å². The molecule has 1 N–H and O–H groups in total. The highest BCUT2D eigenvalue weighted by Gasteiger charge is 2.59. The first-order chi connectivity index (χ1) is 26.8. The van der Waals surface area contributed by atoms with Crippen LogP contribution < -0.4 is 5.32 Å². The standard InChI is InChI=1S/C51H31NS2/c1-4-16-37-31(13-1)32-14-2-5-17-38(32)50(37)39-18-6-8-20-41(39)51(42-21-9-7-19-40(42)50)43-27-30(49-52-45-22-10-12-24-47(45)54-49)25-26-33(43)35-28-36-34-15-3-11-23-46(34)53-48(36)29-44(35)51/h1-29,49,52H. The van der Waals surface area contributed by atoms with Gasteiger partial charge in [-0.05, 0) is 103 Å². The lowest BCUT2D eigenvalue weighted by Crippen LogP contribution is -2.43. The molecule has 0 fully saturated rings. The topological polar surface area (TPSA) is 12.0 Å². The second kappa shape index (κ2) is 10.4. The Morgan fingerprint density at radius 3 is 1.61 bits per heavy atom. The van der Waals surface area contributed by atoms with E-state index in [1.807, 2.05) is 23.1 Å². The maximum atomic E-state index is 3.86. The number of fused-ring (bicyclic) bond motifs is 20. The van der Waals surface area contributed by atoms with Gasteiger partial charge in [0.15, 0.2) is 0 Å². The lowest BCUT2D eigenvalue weighted by molar-refractivity contribution is 0.633. The van der Waals surface area contributed by atoms with E-state index in [2.05, 4.69) is 181 Å². The molecule has 3 heteroatoms. The predicted molar refractivity (Wildman–Crippen MR) is 226 cm³/mol. The van der Waals surface area contributed by atoms with Crippen LogP contribution in [0, 0.1) is 0 Å². The van der Waals surface area contributed by atoms with Crippen molar-refractivity contribution < 1.29 is 0 Å². The number of hydrogen-bond acceptors (Lipinski definition) is 3. The number of thiophene rings is 1. The number of anilines is 1. The number of rotatable bonds is 1. The molecule has 3 aliphatic carbocycles. The van der Waals surface area contributed by atoms with E-state index >= 15 is 0 Å². The van der Waals surface area contributed by atoms with Crippen LogP contribution in [0.4, 0.5) is 5.69 Å². The highest BCUT2D eigenvalue weighted by molar-refractivity contribution is 8.00. The Morgan fingerprint density at radius 1 is 0.389 bits per heavy atom. The van der Waals surface area contributed by atoms with Crippen LogP contribution in [0.25, 0.3) is 42.4 Å². The molecule has 252 valence electrons. The molecule has 0 saturated carbocycles. The van der Waals surface area contributed by atoms with E-state index in [-0.39, 0.29) is 5.37 Å². The van der Waals surface area contributed by atoms with E-state index in [4.69, 9.17) is 0 Å². The molecule has 1 unspecified atom stereocenters. The number of hydrogen-bond donors (Lipinski definition) is 1. The van der Waals surface area contributed by atoms with Gasteiger partial charge in [0, 0.05) is 30.8 Å². The van der Waals surface area contributed by atoms with Gasteiger partial charge in [-0.1, -0.05) is 157 Å². The summed E-state index contributed by atoms with van der Waals surface area (Å²) < 4.78 is 2.69. The average Bonchev–Trinajstić information content (AvgIpc) is 3.97. The first kappa shape index (κ1) is 29.6. The van der Waals surface area contributed by atoms with Gasteiger partial charge in [0.2, 0.25) is 0 Å². The van der Waals surface area contributed by atoms with Crippen molar-refractivity contribution in [1.82, 2.24) is 0 Å². The fourth-order valence-corrected chi connectivity index (χ4v) is 13.1. The lowest BCUT2D eigenvalue weighted by atomic mass is 9.52. The van der Waals surface area contributed by atoms with Crippen LogP contribution in [0.2, 0.25) is 0 Å². The summed E-state index contributed by atoms with van der Waals surface area (Å²) in [5.41, 5.74) is 17.9. The molecule has 0 amide bonds. The van der Waals surface area contributed by atoms with Crippen molar-refractivity contribution in [3.63, 3.8) is 0 Å². The van der Waals surface area contributed by atoms with Crippen LogP contribution in [0.5, 0.6) is 0 Å². The molecule has 54 heavy (non-hydrogen) atoms. The van der Waals surface area contributed by atoms with Gasteiger partial charge in [-0.25, -0.2) is 0 Å². The normalized spacial score (nSPS) is 17.1. The second-order valence-corrected chi connectivity index (χ2v) is 17.3. The lowest BCUT2D eigenvalue weighted by Gasteiger charge is -2.49. The van der Waals surface area contributed by atoms with E-state index in [0.29, 0.717) is 0 Å². The molecule has 1 aliphatic heterocycles. The highest BCUT2D eigenvalue weighted by Crippen LogP contribution is 2.68. The zero-order valence-electron chi connectivity index (χ0n) is 29.1. The summed E-state index contributed by atoms with van der Waals surface area (Å²) in [7, 11) is 0. The number of nitrogens with one attached hydrogen (secondary N) is 1. The molecule has 9 aromatic rings. The van der Waals surface area contributed by atoms with Gasteiger partial charge in [-0.2, -0.15) is 0 Å². The summed E-state index contributed by atoms with van der Waals surface area (Å²) in [6, 6.07) is 67.2. The number of thioether (sulfide) groups is 1. The molecule has 4 aliphatic rings. The minimum Gasteiger partial charge on any atom is -0.368 e. The van der Waals surface area contributed by atoms with Crippen LogP contribution in [0.1, 0.15) is 55.4 Å². The van der Waals surface area contributed by atoms with Crippen LogP contribution in [0.15, 0.2) is 181 Å². The minimum absolute atomic E-state index is 0.134. The van der Waals surface area contributed by atoms with Crippen molar-refractivity contribution in [2.45, 2.75) is 21.1 Å². The van der Waals surface area contributed by atoms with Crippen LogP contribution in [-0.4, -0.2) is 0 Å². The van der Waals surface area contributed by atoms with Gasteiger partial charge in [-0.3, -0.25) is 0 Å². The third-order valence-corrected chi connectivity index (χ3v) is 15.2. The summed E-state index contributed by atoms with van der Waals surface area (Å²) in [5, 5.41) is 6.68. The van der Waals surface area contributed by atoms with Gasteiger partial charge in [0.05, 0.1) is 10.8 Å². The van der Waals surface area contributed by atoms with Crippen molar-refractivity contribution in [3.05, 3.63) is 226 Å². The van der Waals surface area contributed by atoms with E-state index in [0.717, 1.165) is 0 Å². The molecule has 1 atom stereocenters. The van der Waals surface area contributed by atoms with Gasteiger partial charge >= 0.3 is 0 Å². The van der Waals surface area contributed by atoms with Crippen LogP contribution >= 0.6 is 23.1 Å². The van der Waals surface area contributed by atoms with Crippen molar-refractivity contribution in [2.75, 3.05) is 5.32 Å². The third kappa shape index (κ3) is 3.45. The quantitative estimate of drug-likeness (QED) is 0.181. The zero-order valence-corrected chi connectivity index (χ0v) is 30.8. The first-order valence-corrected chi connectivity index (χ1v) is 20.5. The molecule has 0 bridgehead atoms. The molecule has 8 aromatic carbocycles. The molecule has 2 spiro atoms. The summed E-state index contributed by atoms with van der Waals surface area (Å²) in [4.78, 5) is 1.31. The molecular formula is C51H31NS2. The third-order valence-electron chi connectivity index (χ3n) is 12.8. The largest absolute Gasteiger partial charge is 0.368 e. The van der Waals surface area contributed by atoms with Crippen LogP contribution in [0.3, 0.4) is 0 Å². The first-order valence-electron chi connectivity index (χ1n) is 18.8. The van der Waals surface area contributed by atoms with E-state index in [1.165, 1.54) is 103 Å². The van der Waals surface area contributed by atoms with Crippen molar-refractivity contribution >= 4 is 49.0 Å². The summed E-state index contributed by atoms with van der Waals surface area (Å²) >= 11 is 3.84. The smallest absolute Gasteiger partial charge is 0.103 e. The van der Waals surface area contributed by atoms with Crippen molar-refractivity contribution in [3.8, 4) is 22.3 Å². The average molecular weight is 722 g/mol. The van der Waals surface area contributed by atoms with Crippen LogP contribution in [-0.2, 0) is 10.8 Å². The minimum atomic E-state index is -0.522. The Labute approximate surface area is 322 Å². The fourth-order valence-electron chi connectivity index (χ4n) is 10.8. The highest BCUT2D eigenvalue weighted by atomic mass is 32.2. The zero-order chi connectivity index (χ0) is 35.2. The Kier molecular flexibility index (Phi) is 5.70. The maximum absolute atomic E-state index is 3.86. The van der Waals surface area contributed by atoms with E-state index in [1.54, 1.807) is 0 Å². The Morgan fingerprint density at radius 2 is 0.926 bits per heavy atom. The molecule has 1 nitrogen and oxygen atoms in total. The Hall–Kier alpha value is -5.87. The number of para-hydroxylation sites is 1. The molecule has 0 saturated heterocycles. The summed E-state index contributed by atoms with van der Waals surface area (Å²) in [6.45, 7) is 0. The molecular weight excluding hydrogens is 691 g/mol. The molecule has 2 heterocycles. The Bertz CT molecular complexity index is 2970. The molecule has 0 radical (unpaired) electrons. The number of benzene rings is 8. The molecule has 13 rings (SSSR count). The Balaban J connectivity index is 1.18. The SMILES string of the molecule is c1ccc2c(c1)NC(c1ccc3c(c1)C1(c4cc5sc6ccccc6c5cc4-3)c3ccccc3C3(c4ccccc4-c4ccccc43)c3ccccc31)S2. The van der Waals surface area contributed by atoms with Crippen molar-refractivity contribution in [2.24, 2.45) is 0 Å².